The summed E-state index contributed by atoms with van der Waals surface area (Å²) >= 11 is 0. The third-order valence-electron chi connectivity index (χ3n) is 3.28. The van der Waals surface area contributed by atoms with E-state index in [9.17, 15) is 0 Å². The molecule has 2 atom stereocenters. The molecule has 1 saturated carbocycles. The second-order valence-electron chi connectivity index (χ2n) is 4.41. The van der Waals surface area contributed by atoms with E-state index >= 15 is 0 Å². The molecule has 0 bridgehead atoms. The Morgan fingerprint density at radius 1 is 1.42 bits per heavy atom. The van der Waals surface area contributed by atoms with Gasteiger partial charge in [-0.25, -0.2) is 0 Å². The van der Waals surface area contributed by atoms with Crippen molar-refractivity contribution in [2.24, 2.45) is 5.92 Å². The monoisotopic (exact) mass is 169 g/mol. The van der Waals surface area contributed by atoms with Crippen LogP contribution in [0.25, 0.3) is 0 Å². The molecule has 1 nitrogen and oxygen atoms in total. The highest BCUT2D eigenvalue weighted by Gasteiger charge is 2.34. The summed E-state index contributed by atoms with van der Waals surface area (Å²) in [5, 5.41) is 3.72. The van der Waals surface area contributed by atoms with Crippen LogP contribution >= 0.6 is 0 Å². The van der Waals surface area contributed by atoms with Crippen LogP contribution in [0.1, 0.15) is 52.9 Å². The van der Waals surface area contributed by atoms with Gasteiger partial charge in [0, 0.05) is 5.54 Å². The smallest absolute Gasteiger partial charge is 0.0181 e. The second kappa shape index (κ2) is 4.27. The van der Waals surface area contributed by atoms with Crippen LogP contribution in [0.4, 0.5) is 0 Å². The summed E-state index contributed by atoms with van der Waals surface area (Å²) < 4.78 is 0. The minimum Gasteiger partial charge on any atom is -0.311 e. The second-order valence-corrected chi connectivity index (χ2v) is 4.41. The first kappa shape index (κ1) is 10.0. The van der Waals surface area contributed by atoms with Crippen LogP contribution in [0.2, 0.25) is 0 Å². The van der Waals surface area contributed by atoms with Crippen LogP contribution in [0.15, 0.2) is 0 Å². The zero-order chi connectivity index (χ0) is 9.03. The van der Waals surface area contributed by atoms with Crippen LogP contribution in [-0.4, -0.2) is 12.1 Å². The van der Waals surface area contributed by atoms with E-state index < -0.39 is 0 Å². The maximum absolute atomic E-state index is 3.72. The predicted octanol–water partition coefficient (Wildman–Crippen LogP) is 2.95. The van der Waals surface area contributed by atoms with Crippen LogP contribution in [-0.2, 0) is 0 Å². The summed E-state index contributed by atoms with van der Waals surface area (Å²) in [4.78, 5) is 0. The lowest BCUT2D eigenvalue weighted by atomic mass is 9.93. The van der Waals surface area contributed by atoms with Crippen LogP contribution in [0.3, 0.4) is 0 Å². The number of hydrogen-bond acceptors (Lipinski definition) is 1. The molecule has 0 aromatic carbocycles. The highest BCUT2D eigenvalue weighted by Crippen LogP contribution is 2.36. The third kappa shape index (κ3) is 2.22. The Balaban J connectivity index is 2.41. The SMILES string of the molecule is CCCNC1(CC)CCC(C)C1. The Labute approximate surface area is 76.9 Å². The fourth-order valence-corrected chi connectivity index (χ4v) is 2.39. The molecular weight excluding hydrogens is 146 g/mol. The molecule has 1 aliphatic carbocycles. The Morgan fingerprint density at radius 3 is 2.58 bits per heavy atom. The van der Waals surface area contributed by atoms with Crippen molar-refractivity contribution in [1.82, 2.24) is 5.32 Å². The van der Waals surface area contributed by atoms with Gasteiger partial charge in [0.1, 0.15) is 0 Å². The summed E-state index contributed by atoms with van der Waals surface area (Å²) in [5.41, 5.74) is 0.509. The molecule has 2 unspecified atom stereocenters. The van der Waals surface area contributed by atoms with Crippen molar-refractivity contribution < 1.29 is 0 Å². The Bertz CT molecular complexity index is 133. The van der Waals surface area contributed by atoms with Crippen molar-refractivity contribution in [3.63, 3.8) is 0 Å². The molecule has 0 spiro atoms. The quantitative estimate of drug-likeness (QED) is 0.682. The molecule has 0 saturated heterocycles. The Kier molecular flexibility index (Phi) is 3.57. The molecule has 1 rings (SSSR count). The lowest BCUT2D eigenvalue weighted by Crippen LogP contribution is -2.42. The zero-order valence-corrected chi connectivity index (χ0v) is 8.82. The van der Waals surface area contributed by atoms with Gasteiger partial charge >= 0.3 is 0 Å². The van der Waals surface area contributed by atoms with E-state index in [0.717, 1.165) is 5.92 Å². The maximum atomic E-state index is 3.72. The first-order chi connectivity index (χ1) is 5.72. The van der Waals surface area contributed by atoms with Gasteiger partial charge in [0.05, 0.1) is 0 Å². The Hall–Kier alpha value is -0.0400. The van der Waals surface area contributed by atoms with Crippen molar-refractivity contribution in [2.45, 2.75) is 58.4 Å². The minimum absolute atomic E-state index is 0.509. The van der Waals surface area contributed by atoms with Gasteiger partial charge in [-0.1, -0.05) is 20.8 Å². The van der Waals surface area contributed by atoms with E-state index in [1.165, 1.54) is 38.6 Å². The van der Waals surface area contributed by atoms with Gasteiger partial charge in [-0.05, 0) is 44.6 Å². The zero-order valence-electron chi connectivity index (χ0n) is 8.82. The molecule has 12 heavy (non-hydrogen) atoms. The first-order valence-corrected chi connectivity index (χ1v) is 5.47. The molecule has 1 N–H and O–H groups in total. The molecule has 0 aromatic rings. The van der Waals surface area contributed by atoms with Gasteiger partial charge in [0.2, 0.25) is 0 Å². The van der Waals surface area contributed by atoms with Crippen molar-refractivity contribution in [1.29, 1.82) is 0 Å². The van der Waals surface area contributed by atoms with Crippen molar-refractivity contribution in [3.8, 4) is 0 Å². The summed E-state index contributed by atoms with van der Waals surface area (Å²) in [6.07, 6.45) is 6.77. The minimum atomic E-state index is 0.509. The fourth-order valence-electron chi connectivity index (χ4n) is 2.39. The van der Waals surface area contributed by atoms with Crippen LogP contribution < -0.4 is 5.32 Å². The standard InChI is InChI=1S/C11H23N/c1-4-8-12-11(5-2)7-6-10(3)9-11/h10,12H,4-9H2,1-3H3. The number of rotatable bonds is 4. The van der Waals surface area contributed by atoms with Gasteiger partial charge in [-0.3, -0.25) is 0 Å². The summed E-state index contributed by atoms with van der Waals surface area (Å²) in [5.74, 6) is 0.939. The molecule has 0 aromatic heterocycles. The van der Waals surface area contributed by atoms with E-state index in [-0.39, 0.29) is 0 Å². The van der Waals surface area contributed by atoms with Crippen LogP contribution in [0.5, 0.6) is 0 Å². The van der Waals surface area contributed by atoms with Crippen LogP contribution in [0, 0.1) is 5.92 Å². The van der Waals surface area contributed by atoms with E-state index in [0.29, 0.717) is 5.54 Å². The van der Waals surface area contributed by atoms with E-state index in [1.54, 1.807) is 0 Å². The van der Waals surface area contributed by atoms with Crippen molar-refractivity contribution in [2.75, 3.05) is 6.54 Å². The molecule has 1 heteroatoms. The van der Waals surface area contributed by atoms with Gasteiger partial charge < -0.3 is 5.32 Å². The van der Waals surface area contributed by atoms with Crippen molar-refractivity contribution >= 4 is 0 Å². The highest BCUT2D eigenvalue weighted by atomic mass is 15.0. The molecule has 0 amide bonds. The van der Waals surface area contributed by atoms with E-state index in [4.69, 9.17) is 0 Å². The molecule has 1 aliphatic rings. The molecule has 1 fully saturated rings. The van der Waals surface area contributed by atoms with Gasteiger partial charge in [-0.15, -0.1) is 0 Å². The van der Waals surface area contributed by atoms with Gasteiger partial charge in [0.15, 0.2) is 0 Å². The third-order valence-corrected chi connectivity index (χ3v) is 3.28. The first-order valence-electron chi connectivity index (χ1n) is 5.47. The lowest BCUT2D eigenvalue weighted by Gasteiger charge is -2.29. The largest absolute Gasteiger partial charge is 0.311 e. The summed E-state index contributed by atoms with van der Waals surface area (Å²) in [6.45, 7) is 8.14. The molecule has 0 heterocycles. The highest BCUT2D eigenvalue weighted by molar-refractivity contribution is 4.93. The van der Waals surface area contributed by atoms with Gasteiger partial charge in [-0.2, -0.15) is 0 Å². The maximum Gasteiger partial charge on any atom is 0.0181 e. The topological polar surface area (TPSA) is 12.0 Å². The van der Waals surface area contributed by atoms with E-state index in [1.807, 2.05) is 0 Å². The molecular formula is C11H23N. The number of hydrogen-bond donors (Lipinski definition) is 1. The molecule has 0 radical (unpaired) electrons. The summed E-state index contributed by atoms with van der Waals surface area (Å²) in [6, 6.07) is 0. The average molecular weight is 169 g/mol. The normalized spacial score (nSPS) is 35.8. The summed E-state index contributed by atoms with van der Waals surface area (Å²) in [7, 11) is 0. The Morgan fingerprint density at radius 2 is 2.17 bits per heavy atom. The average Bonchev–Trinajstić information content (AvgIpc) is 2.45. The van der Waals surface area contributed by atoms with Gasteiger partial charge in [0.25, 0.3) is 0 Å². The van der Waals surface area contributed by atoms with E-state index in [2.05, 4.69) is 26.1 Å². The predicted molar refractivity (Wildman–Crippen MR) is 54.3 cm³/mol. The molecule has 72 valence electrons. The van der Waals surface area contributed by atoms with Crippen molar-refractivity contribution in [3.05, 3.63) is 0 Å². The number of nitrogens with one attached hydrogen (secondary N) is 1. The lowest BCUT2D eigenvalue weighted by molar-refractivity contribution is 0.312. The fraction of sp³-hybridized carbons (Fsp3) is 1.00. The molecule has 0 aliphatic heterocycles.